The average molecular weight is 872 g/mol. The summed E-state index contributed by atoms with van der Waals surface area (Å²) in [4.78, 5) is 20.9. The van der Waals surface area contributed by atoms with Crippen LogP contribution in [0.25, 0.3) is 0 Å². The van der Waals surface area contributed by atoms with E-state index in [1.807, 2.05) is 0 Å². The van der Waals surface area contributed by atoms with E-state index in [1.165, 1.54) is 320 Å². The van der Waals surface area contributed by atoms with Crippen LogP contribution in [0.15, 0.2) is 24.3 Å². The van der Waals surface area contributed by atoms with Gasteiger partial charge < -0.3 is 10.2 Å². The highest BCUT2D eigenvalue weighted by Crippen LogP contribution is 2.19. The lowest BCUT2D eigenvalue weighted by atomic mass is 10.0. The zero-order valence-electron chi connectivity index (χ0n) is 41.8. The first-order valence-electron chi connectivity index (χ1n) is 28.4. The summed E-state index contributed by atoms with van der Waals surface area (Å²) in [5, 5.41) is 17.2. The van der Waals surface area contributed by atoms with Crippen molar-refractivity contribution in [1.82, 2.24) is 0 Å². The fourth-order valence-electron chi connectivity index (χ4n) is 9.38. The monoisotopic (exact) mass is 871 g/mol. The SMILES string of the molecule is O=C(O)C=CCCCCCCCCCCCCCCCCCCCCCCCCCCCCCCCCCCCCCCCCCCCCCCCCCCCCC=CC(=O)O. The highest BCUT2D eigenvalue weighted by Gasteiger charge is 2.00. The molecular formula is C58H110O4. The van der Waals surface area contributed by atoms with Crippen LogP contribution in [0.2, 0.25) is 0 Å². The van der Waals surface area contributed by atoms with Crippen LogP contribution in [0, 0.1) is 0 Å². The fourth-order valence-corrected chi connectivity index (χ4v) is 9.38. The van der Waals surface area contributed by atoms with Gasteiger partial charge in [0.15, 0.2) is 0 Å². The molecule has 0 atom stereocenters. The minimum absolute atomic E-state index is 0.829. The Morgan fingerprint density at radius 2 is 0.290 bits per heavy atom. The third kappa shape index (κ3) is 58.4. The zero-order valence-corrected chi connectivity index (χ0v) is 41.8. The maximum absolute atomic E-state index is 10.4. The van der Waals surface area contributed by atoms with Crippen molar-refractivity contribution in [2.45, 2.75) is 334 Å². The standard InChI is InChI=1S/C58H110O4/c59-57(60)55-53-51-49-47-45-43-41-39-37-35-33-31-29-27-25-23-21-19-17-15-13-11-9-7-5-3-1-2-4-6-8-10-12-14-16-18-20-22-24-26-28-30-32-34-36-38-40-42-44-46-48-50-52-54-56-58(61)62/h53-56H,1-52H2,(H,59,60)(H,61,62). The molecule has 0 aliphatic heterocycles. The summed E-state index contributed by atoms with van der Waals surface area (Å²) in [5.74, 6) is -1.66. The lowest BCUT2D eigenvalue weighted by Crippen LogP contribution is -1.86. The van der Waals surface area contributed by atoms with Gasteiger partial charge in [-0.2, -0.15) is 0 Å². The molecule has 0 heterocycles. The third-order valence-electron chi connectivity index (χ3n) is 13.5. The Balaban J connectivity index is 3.08. The minimum Gasteiger partial charge on any atom is -0.478 e. The number of carboxylic acid groups (broad SMARTS) is 2. The van der Waals surface area contributed by atoms with Gasteiger partial charge in [0.25, 0.3) is 0 Å². The van der Waals surface area contributed by atoms with Gasteiger partial charge in [0.2, 0.25) is 0 Å². The van der Waals surface area contributed by atoms with E-state index in [0.29, 0.717) is 0 Å². The molecule has 0 amide bonds. The predicted octanol–water partition coefficient (Wildman–Crippen LogP) is 20.6. The van der Waals surface area contributed by atoms with Crippen molar-refractivity contribution < 1.29 is 19.8 Å². The number of allylic oxidation sites excluding steroid dienone is 2. The molecule has 2 N–H and O–H groups in total. The second-order valence-corrected chi connectivity index (χ2v) is 19.7. The molecule has 0 bridgehead atoms. The molecular weight excluding hydrogens is 761 g/mol. The van der Waals surface area contributed by atoms with Crippen molar-refractivity contribution in [1.29, 1.82) is 0 Å². The molecule has 0 fully saturated rings. The second-order valence-electron chi connectivity index (χ2n) is 19.7. The van der Waals surface area contributed by atoms with Gasteiger partial charge in [-0.25, -0.2) is 9.59 Å². The Labute approximate surface area is 388 Å². The topological polar surface area (TPSA) is 74.6 Å². The Morgan fingerprint density at radius 1 is 0.194 bits per heavy atom. The Morgan fingerprint density at radius 3 is 0.387 bits per heavy atom. The largest absolute Gasteiger partial charge is 0.478 e. The Bertz CT molecular complexity index is 850. The van der Waals surface area contributed by atoms with Crippen LogP contribution in [0.5, 0.6) is 0 Å². The molecule has 0 aromatic heterocycles. The summed E-state index contributed by atoms with van der Waals surface area (Å²) in [7, 11) is 0. The molecule has 0 aromatic rings. The van der Waals surface area contributed by atoms with Crippen LogP contribution >= 0.6 is 0 Å². The molecule has 4 heteroatoms. The highest BCUT2D eigenvalue weighted by atomic mass is 16.4. The van der Waals surface area contributed by atoms with E-state index in [4.69, 9.17) is 10.2 Å². The molecule has 62 heavy (non-hydrogen) atoms. The summed E-state index contributed by atoms with van der Waals surface area (Å²) >= 11 is 0. The first-order valence-corrected chi connectivity index (χ1v) is 28.4. The lowest BCUT2D eigenvalue weighted by Gasteiger charge is -2.05. The van der Waals surface area contributed by atoms with Crippen LogP contribution in [-0.2, 0) is 9.59 Å². The van der Waals surface area contributed by atoms with Crippen LogP contribution in [0.4, 0.5) is 0 Å². The maximum atomic E-state index is 10.4. The van der Waals surface area contributed by atoms with Gasteiger partial charge in [-0.15, -0.1) is 0 Å². The average Bonchev–Trinajstić information content (AvgIpc) is 3.26. The van der Waals surface area contributed by atoms with E-state index >= 15 is 0 Å². The molecule has 0 rings (SSSR count). The summed E-state index contributed by atoms with van der Waals surface area (Å²) in [6.07, 6.45) is 78.9. The first-order chi connectivity index (χ1) is 30.6. The number of carboxylic acids is 2. The van der Waals surface area contributed by atoms with E-state index in [-0.39, 0.29) is 0 Å². The van der Waals surface area contributed by atoms with Gasteiger partial charge in [0.1, 0.15) is 0 Å². The van der Waals surface area contributed by atoms with Gasteiger partial charge in [0, 0.05) is 12.2 Å². The Hall–Kier alpha value is -1.58. The van der Waals surface area contributed by atoms with E-state index in [2.05, 4.69) is 0 Å². The van der Waals surface area contributed by atoms with Gasteiger partial charge in [-0.3, -0.25) is 0 Å². The predicted molar refractivity (Wildman–Crippen MR) is 274 cm³/mol. The van der Waals surface area contributed by atoms with E-state index < -0.39 is 11.9 Å². The molecule has 4 nitrogen and oxygen atoms in total. The number of rotatable bonds is 55. The van der Waals surface area contributed by atoms with E-state index in [0.717, 1.165) is 25.7 Å². The molecule has 0 unspecified atom stereocenters. The normalized spacial score (nSPS) is 11.8. The van der Waals surface area contributed by atoms with Crippen molar-refractivity contribution >= 4 is 11.9 Å². The van der Waals surface area contributed by atoms with Gasteiger partial charge in [-0.1, -0.05) is 320 Å². The molecule has 0 aliphatic carbocycles. The van der Waals surface area contributed by atoms with E-state index in [9.17, 15) is 9.59 Å². The molecule has 366 valence electrons. The molecule has 0 aliphatic rings. The van der Waals surface area contributed by atoms with Gasteiger partial charge >= 0.3 is 11.9 Å². The first kappa shape index (κ1) is 60.4. The van der Waals surface area contributed by atoms with Gasteiger partial charge in [-0.05, 0) is 25.7 Å². The number of hydrogen-bond donors (Lipinski definition) is 2. The number of carbonyl (C=O) groups is 2. The van der Waals surface area contributed by atoms with Crippen LogP contribution in [-0.4, -0.2) is 22.2 Å². The zero-order chi connectivity index (χ0) is 44.8. The summed E-state index contributed by atoms with van der Waals surface area (Å²) in [6.45, 7) is 0. The van der Waals surface area contributed by atoms with Crippen molar-refractivity contribution in [3.8, 4) is 0 Å². The maximum Gasteiger partial charge on any atom is 0.327 e. The third-order valence-corrected chi connectivity index (χ3v) is 13.5. The van der Waals surface area contributed by atoms with Crippen molar-refractivity contribution in [3.05, 3.63) is 24.3 Å². The molecule has 0 spiro atoms. The van der Waals surface area contributed by atoms with Crippen LogP contribution in [0.1, 0.15) is 334 Å². The molecule has 0 saturated carbocycles. The van der Waals surface area contributed by atoms with Crippen LogP contribution in [0.3, 0.4) is 0 Å². The quantitative estimate of drug-likeness (QED) is 0.0472. The molecule has 0 saturated heterocycles. The molecule has 0 radical (unpaired) electrons. The van der Waals surface area contributed by atoms with Gasteiger partial charge in [0.05, 0.1) is 0 Å². The van der Waals surface area contributed by atoms with Crippen LogP contribution < -0.4 is 0 Å². The van der Waals surface area contributed by atoms with Crippen molar-refractivity contribution in [2.75, 3.05) is 0 Å². The number of aliphatic carboxylic acids is 2. The number of unbranched alkanes of at least 4 members (excludes halogenated alkanes) is 51. The van der Waals surface area contributed by atoms with E-state index in [1.54, 1.807) is 12.2 Å². The van der Waals surface area contributed by atoms with Crippen molar-refractivity contribution in [3.63, 3.8) is 0 Å². The minimum atomic E-state index is -0.829. The lowest BCUT2D eigenvalue weighted by molar-refractivity contribution is -0.132. The van der Waals surface area contributed by atoms with Crippen molar-refractivity contribution in [2.24, 2.45) is 0 Å². The second kappa shape index (κ2) is 55.6. The summed E-state index contributed by atoms with van der Waals surface area (Å²) in [6, 6.07) is 0. The molecule has 0 aromatic carbocycles. The number of hydrogen-bond acceptors (Lipinski definition) is 2. The highest BCUT2D eigenvalue weighted by molar-refractivity contribution is 5.79. The summed E-state index contributed by atoms with van der Waals surface area (Å²) in [5.41, 5.74) is 0. The fraction of sp³-hybridized carbons (Fsp3) is 0.897. The smallest absolute Gasteiger partial charge is 0.327 e. The Kier molecular flexibility index (Phi) is 54.1. The summed E-state index contributed by atoms with van der Waals surface area (Å²) < 4.78 is 0.